The molecule has 1 saturated heterocycles. The Morgan fingerprint density at radius 3 is 2.57 bits per heavy atom. The summed E-state index contributed by atoms with van der Waals surface area (Å²) in [6, 6.07) is 13.8. The summed E-state index contributed by atoms with van der Waals surface area (Å²) in [7, 11) is -2.17. The van der Waals surface area contributed by atoms with Gasteiger partial charge in [0.25, 0.3) is 5.91 Å². The van der Waals surface area contributed by atoms with Gasteiger partial charge in [-0.1, -0.05) is 30.3 Å². The number of sulfonamides is 1. The highest BCUT2D eigenvalue weighted by molar-refractivity contribution is 7.89. The number of fused-ring (bicyclic) bond motifs is 1. The molecule has 160 valence electrons. The average Bonchev–Trinajstić information content (AvgIpc) is 2.79. The van der Waals surface area contributed by atoms with Gasteiger partial charge in [-0.05, 0) is 17.7 Å². The molecule has 1 atom stereocenters. The molecule has 0 aromatic heterocycles. The summed E-state index contributed by atoms with van der Waals surface area (Å²) in [4.78, 5) is 14.4. The first-order valence-electron chi connectivity index (χ1n) is 9.75. The van der Waals surface area contributed by atoms with Gasteiger partial charge in [0.15, 0.2) is 11.5 Å². The zero-order chi connectivity index (χ0) is 21.1. The molecular weight excluding hydrogens is 408 g/mol. The van der Waals surface area contributed by atoms with E-state index in [4.69, 9.17) is 14.2 Å². The van der Waals surface area contributed by atoms with E-state index in [1.54, 1.807) is 4.90 Å². The fourth-order valence-electron chi connectivity index (χ4n) is 3.43. The molecule has 1 fully saturated rings. The number of morpholine rings is 1. The third-order valence-electron chi connectivity index (χ3n) is 5.13. The Morgan fingerprint density at radius 1 is 1.10 bits per heavy atom. The number of benzene rings is 2. The number of nitrogens with zero attached hydrogens (tertiary/aromatic N) is 2. The van der Waals surface area contributed by atoms with Crippen molar-refractivity contribution < 1.29 is 27.4 Å². The molecule has 0 spiro atoms. The van der Waals surface area contributed by atoms with Crippen LogP contribution in [-0.4, -0.2) is 69.6 Å². The Bertz CT molecular complexity index is 1010. The number of hydrogen-bond acceptors (Lipinski definition) is 6. The van der Waals surface area contributed by atoms with E-state index in [-0.39, 0.29) is 24.0 Å². The van der Waals surface area contributed by atoms with Crippen molar-refractivity contribution in [1.82, 2.24) is 9.21 Å². The van der Waals surface area contributed by atoms with Gasteiger partial charge in [-0.3, -0.25) is 4.79 Å². The van der Waals surface area contributed by atoms with Crippen LogP contribution in [0, 0.1) is 0 Å². The second-order valence-electron chi connectivity index (χ2n) is 7.21. The van der Waals surface area contributed by atoms with Crippen molar-refractivity contribution >= 4 is 15.9 Å². The second-order valence-corrected chi connectivity index (χ2v) is 9.26. The van der Waals surface area contributed by atoms with Gasteiger partial charge < -0.3 is 19.1 Å². The number of carbonyl (C=O) groups is 1. The van der Waals surface area contributed by atoms with Crippen molar-refractivity contribution in [3.8, 4) is 11.5 Å². The molecule has 0 aliphatic carbocycles. The van der Waals surface area contributed by atoms with Gasteiger partial charge in [-0.25, -0.2) is 8.42 Å². The number of hydrogen-bond donors (Lipinski definition) is 0. The maximum Gasteiger partial charge on any atom is 0.267 e. The van der Waals surface area contributed by atoms with E-state index in [1.165, 1.54) is 29.6 Å². The molecule has 2 aromatic carbocycles. The summed E-state index contributed by atoms with van der Waals surface area (Å²) < 4.78 is 44.0. The van der Waals surface area contributed by atoms with Crippen molar-refractivity contribution in [2.75, 3.05) is 40.0 Å². The largest absolute Gasteiger partial charge is 0.485 e. The number of carbonyl (C=O) groups excluding carboxylic acids is 1. The molecule has 2 aromatic rings. The highest BCUT2D eigenvalue weighted by Gasteiger charge is 2.33. The minimum atomic E-state index is -3.71. The molecule has 0 bridgehead atoms. The van der Waals surface area contributed by atoms with Crippen LogP contribution in [0.5, 0.6) is 11.5 Å². The fraction of sp³-hybridized carbons (Fsp3) is 0.381. The normalized spacial score (nSPS) is 19.0. The molecule has 0 unspecified atom stereocenters. The molecule has 8 nitrogen and oxygen atoms in total. The standard InChI is InChI=1S/C21H24N2O6S/c1-22(14-16-5-3-2-4-6-16)30(25,26)17-7-8-18-19(13-17)28-15-20(29-18)21(24)23-9-11-27-12-10-23/h2-8,13,20H,9-12,14-15H2,1H3/t20-/m0/s1. The molecule has 2 heterocycles. The summed E-state index contributed by atoms with van der Waals surface area (Å²) in [5.74, 6) is 0.524. The molecule has 4 rings (SSSR count). The monoisotopic (exact) mass is 432 g/mol. The summed E-state index contributed by atoms with van der Waals surface area (Å²) in [6.07, 6.45) is -0.751. The van der Waals surface area contributed by atoms with E-state index in [2.05, 4.69) is 0 Å². The topological polar surface area (TPSA) is 85.4 Å². The molecule has 2 aliphatic rings. The first kappa shape index (κ1) is 20.6. The highest BCUT2D eigenvalue weighted by Crippen LogP contribution is 2.35. The lowest BCUT2D eigenvalue weighted by Crippen LogP contribution is -2.50. The minimum absolute atomic E-state index is 0.0343. The van der Waals surface area contributed by atoms with Crippen LogP contribution in [-0.2, 0) is 26.1 Å². The van der Waals surface area contributed by atoms with Crippen LogP contribution in [0.3, 0.4) is 0 Å². The van der Waals surface area contributed by atoms with E-state index in [0.29, 0.717) is 37.8 Å². The quantitative estimate of drug-likeness (QED) is 0.712. The Kier molecular flexibility index (Phi) is 5.94. The Morgan fingerprint density at radius 2 is 1.83 bits per heavy atom. The van der Waals surface area contributed by atoms with Crippen molar-refractivity contribution in [2.45, 2.75) is 17.5 Å². The molecule has 0 radical (unpaired) electrons. The van der Waals surface area contributed by atoms with Gasteiger partial charge in [0.1, 0.15) is 6.61 Å². The zero-order valence-electron chi connectivity index (χ0n) is 16.7. The predicted octanol–water partition coefficient (Wildman–Crippen LogP) is 1.51. The van der Waals surface area contributed by atoms with Gasteiger partial charge >= 0.3 is 0 Å². The van der Waals surface area contributed by atoms with E-state index in [1.807, 2.05) is 30.3 Å². The maximum atomic E-state index is 13.0. The number of rotatable bonds is 5. The Balaban J connectivity index is 1.47. The van der Waals surface area contributed by atoms with Gasteiger partial charge in [-0.15, -0.1) is 0 Å². The first-order chi connectivity index (χ1) is 14.4. The molecule has 0 saturated carbocycles. The fourth-order valence-corrected chi connectivity index (χ4v) is 4.60. The van der Waals surface area contributed by atoms with Crippen LogP contribution in [0.15, 0.2) is 53.4 Å². The molecular formula is C21H24N2O6S. The van der Waals surface area contributed by atoms with E-state index < -0.39 is 16.1 Å². The average molecular weight is 432 g/mol. The van der Waals surface area contributed by atoms with Crippen molar-refractivity contribution in [3.05, 3.63) is 54.1 Å². The van der Waals surface area contributed by atoms with Gasteiger partial charge in [0, 0.05) is 32.7 Å². The summed E-state index contributed by atoms with van der Waals surface area (Å²) >= 11 is 0. The predicted molar refractivity (Wildman–Crippen MR) is 109 cm³/mol. The Hall–Kier alpha value is -2.62. The molecule has 2 aliphatic heterocycles. The third-order valence-corrected chi connectivity index (χ3v) is 6.93. The third kappa shape index (κ3) is 4.28. The highest BCUT2D eigenvalue weighted by atomic mass is 32.2. The van der Waals surface area contributed by atoms with Crippen molar-refractivity contribution in [3.63, 3.8) is 0 Å². The Labute approximate surface area is 176 Å². The molecule has 30 heavy (non-hydrogen) atoms. The first-order valence-corrected chi connectivity index (χ1v) is 11.2. The second kappa shape index (κ2) is 8.63. The van der Waals surface area contributed by atoms with Crippen LogP contribution in [0.1, 0.15) is 5.56 Å². The van der Waals surface area contributed by atoms with Crippen molar-refractivity contribution in [1.29, 1.82) is 0 Å². The van der Waals surface area contributed by atoms with Gasteiger partial charge in [0.05, 0.1) is 18.1 Å². The van der Waals surface area contributed by atoms with E-state index in [9.17, 15) is 13.2 Å². The SMILES string of the molecule is CN(Cc1ccccc1)S(=O)(=O)c1ccc2c(c1)OC[C@@H](C(=O)N1CCOCC1)O2. The van der Waals surface area contributed by atoms with E-state index in [0.717, 1.165) is 5.56 Å². The van der Waals surface area contributed by atoms with Crippen LogP contribution >= 0.6 is 0 Å². The smallest absolute Gasteiger partial charge is 0.267 e. The molecule has 9 heteroatoms. The van der Waals surface area contributed by atoms with Crippen LogP contribution in [0.4, 0.5) is 0 Å². The van der Waals surface area contributed by atoms with E-state index >= 15 is 0 Å². The lowest BCUT2D eigenvalue weighted by molar-refractivity contribution is -0.145. The van der Waals surface area contributed by atoms with Crippen LogP contribution < -0.4 is 9.47 Å². The van der Waals surface area contributed by atoms with Gasteiger partial charge in [-0.2, -0.15) is 4.31 Å². The van der Waals surface area contributed by atoms with Crippen LogP contribution in [0.25, 0.3) is 0 Å². The minimum Gasteiger partial charge on any atom is -0.485 e. The van der Waals surface area contributed by atoms with Crippen LogP contribution in [0.2, 0.25) is 0 Å². The lowest BCUT2D eigenvalue weighted by atomic mass is 10.2. The molecule has 0 N–H and O–H groups in total. The summed E-state index contributed by atoms with van der Waals surface area (Å²) in [6.45, 7) is 2.36. The van der Waals surface area contributed by atoms with Gasteiger partial charge in [0.2, 0.25) is 16.1 Å². The van der Waals surface area contributed by atoms with Crippen molar-refractivity contribution in [2.24, 2.45) is 0 Å². The molecule has 1 amide bonds. The lowest BCUT2D eigenvalue weighted by Gasteiger charge is -2.32. The zero-order valence-corrected chi connectivity index (χ0v) is 17.5. The number of amides is 1. The summed E-state index contributed by atoms with van der Waals surface area (Å²) in [5.41, 5.74) is 0.894. The summed E-state index contributed by atoms with van der Waals surface area (Å²) in [5, 5.41) is 0. The maximum absolute atomic E-state index is 13.0. The number of ether oxygens (including phenoxy) is 3.